The number of carbonyl (C=O) groups excluding carboxylic acids is 1. The zero-order chi connectivity index (χ0) is 28.3. The number of fused-ring (bicyclic) bond motifs is 2. The monoisotopic (exact) mass is 549 g/mol. The van der Waals surface area contributed by atoms with Gasteiger partial charge in [0.1, 0.15) is 6.61 Å². The van der Waals surface area contributed by atoms with Crippen LogP contribution in [0.2, 0.25) is 0 Å². The lowest BCUT2D eigenvalue weighted by atomic mass is 9.91. The molecule has 0 amide bonds. The zero-order valence-electron chi connectivity index (χ0n) is 24.5. The highest BCUT2D eigenvalue weighted by molar-refractivity contribution is 6.11. The number of cyclic esters (lactones) is 1. The van der Waals surface area contributed by atoms with E-state index >= 15 is 0 Å². The highest BCUT2D eigenvalue weighted by atomic mass is 16.5. The van der Waals surface area contributed by atoms with Crippen molar-refractivity contribution < 1.29 is 23.7 Å². The number of methoxy groups -OCH3 is 2. The molecule has 0 saturated heterocycles. The van der Waals surface area contributed by atoms with Gasteiger partial charge in [-0.15, -0.1) is 0 Å². The number of aromatic nitrogens is 2. The predicted molar refractivity (Wildman–Crippen MR) is 159 cm³/mol. The Kier molecular flexibility index (Phi) is 11.0. The summed E-state index contributed by atoms with van der Waals surface area (Å²) in [7, 11) is 3.22. The quantitative estimate of drug-likeness (QED) is 0.132. The Morgan fingerprint density at radius 1 is 0.825 bits per heavy atom. The Balaban J connectivity index is 1.60. The molecule has 0 fully saturated rings. The molecule has 0 radical (unpaired) electrons. The topological polar surface area (TPSA) is 83.0 Å². The van der Waals surface area contributed by atoms with E-state index < -0.39 is 0 Å². The third-order valence-corrected chi connectivity index (χ3v) is 7.43. The Morgan fingerprint density at radius 2 is 1.52 bits per heavy atom. The van der Waals surface area contributed by atoms with E-state index in [-0.39, 0.29) is 12.6 Å². The van der Waals surface area contributed by atoms with Gasteiger partial charge in [-0.1, -0.05) is 52.4 Å². The molecule has 3 aromatic rings. The van der Waals surface area contributed by atoms with Crippen LogP contribution in [0.15, 0.2) is 30.6 Å². The number of esters is 1. The van der Waals surface area contributed by atoms with Crippen LogP contribution in [0.1, 0.15) is 81.1 Å². The fourth-order valence-corrected chi connectivity index (χ4v) is 5.21. The maximum absolute atomic E-state index is 12.8. The summed E-state index contributed by atoms with van der Waals surface area (Å²) in [5, 5.41) is 1.79. The van der Waals surface area contributed by atoms with Crippen molar-refractivity contribution in [3.05, 3.63) is 41.7 Å². The van der Waals surface area contributed by atoms with Crippen molar-refractivity contribution in [3.63, 3.8) is 0 Å². The standard InChI is InChI=1S/C32H43N3O5/c1-5-7-9-11-13-35(14-16-39-15-12-10-8-6-2)32-33-20-25(21-34-32)29-26-19-28(38-4)27(37-3)18-23(26)17-24-22-40-31(36)30(24)29/h17-21H,5-16,22H2,1-4H3. The van der Waals surface area contributed by atoms with E-state index in [1.807, 2.05) is 30.6 Å². The summed E-state index contributed by atoms with van der Waals surface area (Å²) in [6.07, 6.45) is 13.1. The van der Waals surface area contributed by atoms with Gasteiger partial charge in [0, 0.05) is 48.8 Å². The van der Waals surface area contributed by atoms with E-state index in [4.69, 9.17) is 28.9 Å². The third kappa shape index (κ3) is 7.02. The highest BCUT2D eigenvalue weighted by Crippen LogP contribution is 2.42. The average molecular weight is 550 g/mol. The maximum Gasteiger partial charge on any atom is 0.339 e. The normalized spacial score (nSPS) is 12.4. The molecule has 1 aliphatic heterocycles. The molecule has 0 N–H and O–H groups in total. The van der Waals surface area contributed by atoms with Crippen LogP contribution in [0.5, 0.6) is 11.5 Å². The van der Waals surface area contributed by atoms with Crippen LogP contribution in [0.4, 0.5) is 5.95 Å². The Hall–Kier alpha value is -3.39. The van der Waals surface area contributed by atoms with Gasteiger partial charge in [0.2, 0.25) is 5.95 Å². The maximum atomic E-state index is 12.8. The lowest BCUT2D eigenvalue weighted by Crippen LogP contribution is -2.30. The second kappa shape index (κ2) is 14.8. The molecule has 0 atom stereocenters. The molecule has 0 bridgehead atoms. The summed E-state index contributed by atoms with van der Waals surface area (Å²) in [4.78, 5) is 24.6. The summed E-state index contributed by atoms with van der Waals surface area (Å²) >= 11 is 0. The molecule has 0 aliphatic carbocycles. The first-order valence-electron chi connectivity index (χ1n) is 14.6. The van der Waals surface area contributed by atoms with E-state index in [9.17, 15) is 4.79 Å². The second-order valence-corrected chi connectivity index (χ2v) is 10.3. The van der Waals surface area contributed by atoms with Gasteiger partial charge < -0.3 is 23.8 Å². The van der Waals surface area contributed by atoms with Crippen molar-refractivity contribution in [2.24, 2.45) is 0 Å². The number of rotatable bonds is 17. The van der Waals surface area contributed by atoms with E-state index in [1.54, 1.807) is 14.2 Å². The van der Waals surface area contributed by atoms with E-state index in [1.165, 1.54) is 38.5 Å². The number of carbonyl (C=O) groups is 1. The van der Waals surface area contributed by atoms with Crippen molar-refractivity contribution in [2.75, 3.05) is 45.4 Å². The molecule has 2 aromatic carbocycles. The molecule has 2 heterocycles. The third-order valence-electron chi connectivity index (χ3n) is 7.43. The van der Waals surface area contributed by atoms with Crippen molar-refractivity contribution in [1.82, 2.24) is 9.97 Å². The average Bonchev–Trinajstić information content (AvgIpc) is 3.35. The van der Waals surface area contributed by atoms with Crippen molar-refractivity contribution in [3.8, 4) is 22.6 Å². The summed E-state index contributed by atoms with van der Waals surface area (Å²) in [6, 6.07) is 5.81. The van der Waals surface area contributed by atoms with Crippen molar-refractivity contribution >= 4 is 22.7 Å². The smallest absolute Gasteiger partial charge is 0.339 e. The van der Waals surface area contributed by atoms with Crippen LogP contribution in [0.3, 0.4) is 0 Å². The van der Waals surface area contributed by atoms with E-state index in [2.05, 4.69) is 18.7 Å². The van der Waals surface area contributed by atoms with Gasteiger partial charge in [0.15, 0.2) is 11.5 Å². The number of nitrogens with zero attached hydrogens (tertiary/aromatic N) is 3. The Morgan fingerprint density at radius 3 is 2.23 bits per heavy atom. The summed E-state index contributed by atoms with van der Waals surface area (Å²) in [5.74, 6) is 1.56. The molecule has 8 nitrogen and oxygen atoms in total. The molecule has 0 spiro atoms. The van der Waals surface area contributed by atoms with Gasteiger partial charge >= 0.3 is 5.97 Å². The molecule has 0 saturated carbocycles. The minimum Gasteiger partial charge on any atom is -0.493 e. The largest absolute Gasteiger partial charge is 0.493 e. The summed E-state index contributed by atoms with van der Waals surface area (Å²) in [5.41, 5.74) is 2.92. The predicted octanol–water partition coefficient (Wildman–Crippen LogP) is 6.97. The first kappa shape index (κ1) is 29.6. The molecular formula is C32H43N3O5. The van der Waals surface area contributed by atoms with Gasteiger partial charge in [0.25, 0.3) is 0 Å². The van der Waals surface area contributed by atoms with E-state index in [0.717, 1.165) is 60.0 Å². The highest BCUT2D eigenvalue weighted by Gasteiger charge is 2.29. The number of hydrogen-bond acceptors (Lipinski definition) is 8. The van der Waals surface area contributed by atoms with Gasteiger partial charge in [-0.2, -0.15) is 0 Å². The van der Waals surface area contributed by atoms with Gasteiger partial charge in [-0.05, 0) is 41.8 Å². The number of hydrogen-bond donors (Lipinski definition) is 0. The Labute approximate surface area is 238 Å². The molecule has 1 aliphatic rings. The minimum absolute atomic E-state index is 0.244. The number of anilines is 1. The molecule has 8 heteroatoms. The van der Waals surface area contributed by atoms with Crippen LogP contribution in [-0.2, 0) is 16.1 Å². The van der Waals surface area contributed by atoms with Gasteiger partial charge in [-0.3, -0.25) is 0 Å². The van der Waals surface area contributed by atoms with Crippen LogP contribution in [0.25, 0.3) is 21.9 Å². The fraction of sp³-hybridized carbons (Fsp3) is 0.531. The Bertz CT molecular complexity index is 1260. The summed E-state index contributed by atoms with van der Waals surface area (Å²) in [6.45, 7) is 7.74. The van der Waals surface area contributed by atoms with Crippen LogP contribution < -0.4 is 14.4 Å². The van der Waals surface area contributed by atoms with Gasteiger partial charge in [-0.25, -0.2) is 14.8 Å². The van der Waals surface area contributed by atoms with Crippen LogP contribution >= 0.6 is 0 Å². The lowest BCUT2D eigenvalue weighted by molar-refractivity contribution is 0.0535. The van der Waals surface area contributed by atoms with Gasteiger partial charge in [0.05, 0.1) is 26.4 Å². The first-order valence-corrected chi connectivity index (χ1v) is 14.6. The molecule has 40 heavy (non-hydrogen) atoms. The molecular weight excluding hydrogens is 506 g/mol. The number of unbranched alkanes of at least 4 members (excludes halogenated alkanes) is 6. The first-order chi connectivity index (χ1) is 19.6. The van der Waals surface area contributed by atoms with Crippen LogP contribution in [0, 0.1) is 0 Å². The zero-order valence-corrected chi connectivity index (χ0v) is 24.5. The fourth-order valence-electron chi connectivity index (χ4n) is 5.21. The number of ether oxygens (including phenoxy) is 4. The SMILES string of the molecule is CCCCCCOCCN(CCCCCC)c1ncc(-c2c3c(cc4cc(OC)c(OC)cc24)COC3=O)cn1. The molecule has 4 rings (SSSR count). The molecule has 0 unspecified atom stereocenters. The van der Waals surface area contributed by atoms with Crippen molar-refractivity contribution in [1.29, 1.82) is 0 Å². The number of benzene rings is 2. The molecule has 1 aromatic heterocycles. The summed E-state index contributed by atoms with van der Waals surface area (Å²) < 4.78 is 22.4. The van der Waals surface area contributed by atoms with Crippen molar-refractivity contribution in [2.45, 2.75) is 71.8 Å². The van der Waals surface area contributed by atoms with Crippen LogP contribution in [-0.4, -0.2) is 56.5 Å². The lowest BCUT2D eigenvalue weighted by Gasteiger charge is -2.23. The second-order valence-electron chi connectivity index (χ2n) is 10.3. The van der Waals surface area contributed by atoms with E-state index in [0.29, 0.717) is 29.6 Å². The molecule has 216 valence electrons. The minimum atomic E-state index is -0.334.